The van der Waals surface area contributed by atoms with E-state index in [2.05, 4.69) is 9.72 Å². The fourth-order valence-corrected chi connectivity index (χ4v) is 5.74. The number of halogens is 4. The Bertz CT molecular complexity index is 1720. The maximum absolute atomic E-state index is 14.7. The number of thiazole rings is 1. The van der Waals surface area contributed by atoms with Crippen LogP contribution in [0.25, 0.3) is 16.4 Å². The van der Waals surface area contributed by atoms with Crippen molar-refractivity contribution in [3.05, 3.63) is 75.9 Å². The second-order valence-corrected chi connectivity index (χ2v) is 11.8. The largest absolute Gasteiger partial charge is 0.432 e. The smallest absolute Gasteiger partial charge is 0.387 e. The number of hydrogen-bond acceptors (Lipinski definition) is 7. The quantitative estimate of drug-likeness (QED) is 0.198. The molecule has 0 unspecified atom stereocenters. The zero-order valence-corrected chi connectivity index (χ0v) is 22.5. The van der Waals surface area contributed by atoms with E-state index >= 15 is 0 Å². The molecule has 0 aliphatic heterocycles. The normalized spacial score (nSPS) is 13.7. The lowest BCUT2D eigenvalue weighted by Gasteiger charge is -2.11. The molecule has 8 nitrogen and oxygen atoms in total. The van der Waals surface area contributed by atoms with E-state index in [0.717, 1.165) is 37.1 Å². The summed E-state index contributed by atoms with van der Waals surface area (Å²) in [5.74, 6) is -2.60. The summed E-state index contributed by atoms with van der Waals surface area (Å²) < 4.78 is 84.1. The van der Waals surface area contributed by atoms with E-state index < -0.39 is 38.9 Å². The first-order valence-corrected chi connectivity index (χ1v) is 14.5. The summed E-state index contributed by atoms with van der Waals surface area (Å²) in [5, 5.41) is 11.8. The highest BCUT2D eigenvalue weighted by Crippen LogP contribution is 2.39. The highest BCUT2D eigenvalue weighted by Gasteiger charge is 2.30. The van der Waals surface area contributed by atoms with Gasteiger partial charge in [-0.1, -0.05) is 6.07 Å². The van der Waals surface area contributed by atoms with Crippen LogP contribution < -0.4 is 9.88 Å². The molecule has 2 N–H and O–H groups in total. The third kappa shape index (κ3) is 5.93. The number of primary sulfonamides is 1. The number of ether oxygens (including phenoxy) is 1. The highest BCUT2D eigenvalue weighted by atomic mass is 32.2. The Kier molecular flexibility index (Phi) is 7.50. The molecule has 0 amide bonds. The van der Waals surface area contributed by atoms with Gasteiger partial charge >= 0.3 is 6.61 Å². The summed E-state index contributed by atoms with van der Waals surface area (Å²) in [6.45, 7) is -1.87. The number of sulfonamides is 1. The Morgan fingerprint density at radius 2 is 1.93 bits per heavy atom. The summed E-state index contributed by atoms with van der Waals surface area (Å²) >= 11 is 1.18. The summed E-state index contributed by atoms with van der Waals surface area (Å²) in [6.07, 6.45) is 2.55. The van der Waals surface area contributed by atoms with Crippen molar-refractivity contribution in [1.82, 2.24) is 14.8 Å². The number of ketones is 1. The fourth-order valence-electron chi connectivity index (χ4n) is 4.32. The Morgan fingerprint density at radius 3 is 2.52 bits per heavy atom. The number of nitrogens with zero attached hydrogens (tertiary/aromatic N) is 3. The van der Waals surface area contributed by atoms with E-state index in [9.17, 15) is 30.8 Å². The van der Waals surface area contributed by atoms with Crippen molar-refractivity contribution >= 4 is 27.1 Å². The van der Waals surface area contributed by atoms with Gasteiger partial charge in [0.25, 0.3) is 0 Å². The Hall–Kier alpha value is -3.62. The van der Waals surface area contributed by atoms with Crippen LogP contribution in [0.2, 0.25) is 0 Å². The Labute approximate surface area is 230 Å². The second kappa shape index (κ2) is 10.7. The fraction of sp³-hybridized carbons (Fsp3) is 0.269. The topological polar surface area (TPSA) is 117 Å². The molecular weight excluding hydrogens is 572 g/mol. The van der Waals surface area contributed by atoms with E-state index in [4.69, 9.17) is 10.2 Å². The zero-order valence-electron chi connectivity index (χ0n) is 20.9. The molecule has 2 heterocycles. The minimum absolute atomic E-state index is 0.0621. The average molecular weight is 595 g/mol. The van der Waals surface area contributed by atoms with Crippen molar-refractivity contribution in [3.63, 3.8) is 0 Å². The molecule has 0 radical (unpaired) electrons. The molecule has 14 heteroatoms. The third-order valence-electron chi connectivity index (χ3n) is 6.41. The lowest BCUT2D eigenvalue weighted by molar-refractivity contribution is -0.0521. The minimum atomic E-state index is -4.28. The number of nitrogens with two attached hydrogens (primary N) is 1. The van der Waals surface area contributed by atoms with Crippen LogP contribution in [0.15, 0.2) is 46.7 Å². The molecule has 1 saturated carbocycles. The maximum Gasteiger partial charge on any atom is 0.387 e. The maximum atomic E-state index is 14.7. The van der Waals surface area contributed by atoms with Crippen molar-refractivity contribution in [2.45, 2.75) is 44.1 Å². The van der Waals surface area contributed by atoms with Gasteiger partial charge < -0.3 is 4.74 Å². The van der Waals surface area contributed by atoms with Crippen molar-refractivity contribution in [2.24, 2.45) is 11.1 Å². The van der Waals surface area contributed by atoms with E-state index in [1.54, 1.807) is 10.1 Å². The van der Waals surface area contributed by atoms with Crippen LogP contribution >= 0.6 is 11.3 Å². The zero-order chi connectivity index (χ0) is 28.8. The van der Waals surface area contributed by atoms with Crippen molar-refractivity contribution < 1.29 is 35.5 Å². The first-order valence-electron chi connectivity index (χ1n) is 12.0. The van der Waals surface area contributed by atoms with Crippen LogP contribution in [-0.4, -0.2) is 35.6 Å². The minimum Gasteiger partial charge on any atom is -0.432 e. The van der Waals surface area contributed by atoms with E-state index in [1.165, 1.54) is 30.4 Å². The number of Topliss-reactive ketones (excluding diaryl/α,β-unsaturated/α-hetero) is 1. The van der Waals surface area contributed by atoms with Gasteiger partial charge in [0.05, 0.1) is 11.4 Å². The van der Waals surface area contributed by atoms with Crippen LogP contribution in [0, 0.1) is 17.6 Å². The highest BCUT2D eigenvalue weighted by molar-refractivity contribution is 7.89. The monoisotopic (exact) mass is 594 g/mol. The third-order valence-corrected chi connectivity index (χ3v) is 8.17. The van der Waals surface area contributed by atoms with Crippen LogP contribution in [0.4, 0.5) is 17.6 Å². The predicted molar refractivity (Wildman–Crippen MR) is 138 cm³/mol. The van der Waals surface area contributed by atoms with Gasteiger partial charge in [-0.05, 0) is 61.1 Å². The molecule has 0 spiro atoms. The number of carbonyl (C=O) groups excluding carboxylic acids is 1. The molecule has 1 aliphatic carbocycles. The molecule has 5 rings (SSSR count). The van der Waals surface area contributed by atoms with Gasteiger partial charge in [-0.25, -0.2) is 32.0 Å². The summed E-state index contributed by atoms with van der Waals surface area (Å²) in [4.78, 5) is 15.6. The Balaban J connectivity index is 1.69. The van der Waals surface area contributed by atoms with Crippen molar-refractivity contribution in [2.75, 3.05) is 0 Å². The first-order chi connectivity index (χ1) is 18.9. The van der Waals surface area contributed by atoms with Gasteiger partial charge in [0.15, 0.2) is 17.3 Å². The number of alkyl halides is 2. The lowest BCUT2D eigenvalue weighted by Crippen LogP contribution is -2.14. The van der Waals surface area contributed by atoms with E-state index in [-0.39, 0.29) is 29.2 Å². The van der Waals surface area contributed by atoms with E-state index in [1.807, 2.05) is 0 Å². The SMILES string of the molecule is CC(=O)c1csc(-n2nc(-c3ccc(F)c(OC(F)F)c3)c(Cc3ccc(S(N)(=O)=O)c(F)c3)c2CC2CC2)n1. The molecule has 0 saturated heterocycles. The molecule has 210 valence electrons. The molecule has 4 aromatic rings. The van der Waals surface area contributed by atoms with Gasteiger partial charge in [-0.2, -0.15) is 13.9 Å². The summed E-state index contributed by atoms with van der Waals surface area (Å²) in [7, 11) is -4.28. The molecule has 2 aromatic carbocycles. The molecule has 1 fully saturated rings. The number of benzene rings is 2. The molecule has 0 atom stereocenters. The van der Waals surface area contributed by atoms with Crippen LogP contribution in [-0.2, 0) is 22.9 Å². The van der Waals surface area contributed by atoms with Crippen molar-refractivity contribution in [3.8, 4) is 22.1 Å². The second-order valence-electron chi connectivity index (χ2n) is 9.41. The number of aromatic nitrogens is 3. The van der Waals surface area contributed by atoms with Gasteiger partial charge in [-0.15, -0.1) is 11.3 Å². The van der Waals surface area contributed by atoms with Crippen LogP contribution in [0.5, 0.6) is 5.75 Å². The molecule has 40 heavy (non-hydrogen) atoms. The van der Waals surface area contributed by atoms with Crippen molar-refractivity contribution in [1.29, 1.82) is 0 Å². The van der Waals surface area contributed by atoms with Gasteiger partial charge in [0, 0.05) is 29.9 Å². The number of hydrogen-bond donors (Lipinski definition) is 1. The molecule has 2 aromatic heterocycles. The molecule has 0 bridgehead atoms. The number of rotatable bonds is 10. The first kappa shape index (κ1) is 27.9. The van der Waals surface area contributed by atoms with Crippen LogP contribution in [0.3, 0.4) is 0 Å². The lowest BCUT2D eigenvalue weighted by atomic mass is 9.96. The number of carbonyl (C=O) groups is 1. The van der Waals surface area contributed by atoms with Crippen LogP contribution in [0.1, 0.15) is 47.1 Å². The van der Waals surface area contributed by atoms with E-state index in [0.29, 0.717) is 34.3 Å². The molecular formula is C26H22F4N4O4S2. The summed E-state index contributed by atoms with van der Waals surface area (Å²) in [6, 6.07) is 6.97. The van der Waals surface area contributed by atoms with Gasteiger partial charge in [0.2, 0.25) is 15.2 Å². The summed E-state index contributed by atoms with van der Waals surface area (Å²) in [5.41, 5.74) is 2.43. The van der Waals surface area contributed by atoms with Gasteiger partial charge in [-0.3, -0.25) is 4.79 Å². The Morgan fingerprint density at radius 1 is 1.18 bits per heavy atom. The molecule has 1 aliphatic rings. The predicted octanol–water partition coefficient (Wildman–Crippen LogP) is 5.27. The average Bonchev–Trinajstić information content (AvgIpc) is 3.42. The van der Waals surface area contributed by atoms with Gasteiger partial charge in [0.1, 0.15) is 16.4 Å². The standard InChI is InChI=1S/C26H22F4N4O4S2/c1-13(35)20-12-39-26(32-20)34-21(10-14-2-3-14)17(8-15-4-7-23(19(28)9-15)40(31,36)37)24(33-34)16-5-6-18(27)22(11-16)38-25(29)30/h4-7,9,11-12,14,25H,2-3,8,10H2,1H3,(H2,31,36,37).